The summed E-state index contributed by atoms with van der Waals surface area (Å²) >= 11 is 0. The van der Waals surface area contributed by atoms with E-state index in [2.05, 4.69) is 17.0 Å². The average molecular weight is 307 g/mol. The third kappa shape index (κ3) is 2.77. The van der Waals surface area contributed by atoms with Gasteiger partial charge in [0.1, 0.15) is 11.3 Å². The molecule has 0 bridgehead atoms. The van der Waals surface area contributed by atoms with Crippen LogP contribution in [0.3, 0.4) is 0 Å². The topological polar surface area (TPSA) is 58.8 Å². The van der Waals surface area contributed by atoms with Gasteiger partial charge in [-0.05, 0) is 19.8 Å². The summed E-state index contributed by atoms with van der Waals surface area (Å²) in [6.07, 6.45) is 1.09. The Morgan fingerprint density at radius 2 is 2.00 bits per heavy atom. The molecule has 2 fully saturated rings. The lowest BCUT2D eigenvalue weighted by molar-refractivity contribution is 0.0103. The van der Waals surface area contributed by atoms with Crippen molar-refractivity contribution in [2.24, 2.45) is 5.92 Å². The second-order valence-corrected chi connectivity index (χ2v) is 6.29. The van der Waals surface area contributed by atoms with E-state index in [-0.39, 0.29) is 5.91 Å². The lowest BCUT2D eigenvalue weighted by atomic mass is 9.99. The first-order valence-corrected chi connectivity index (χ1v) is 8.15. The minimum atomic E-state index is 0.0606. The maximum absolute atomic E-state index is 12.8. The number of aryl methyl sites for hydroxylation is 2. The molecule has 1 aromatic rings. The van der Waals surface area contributed by atoms with E-state index in [4.69, 9.17) is 9.26 Å². The second kappa shape index (κ2) is 6.38. The molecule has 0 aliphatic carbocycles. The zero-order valence-electron chi connectivity index (χ0n) is 13.7. The summed E-state index contributed by atoms with van der Waals surface area (Å²) in [7, 11) is 0. The normalized spacial score (nSPS) is 26.6. The fraction of sp³-hybridized carbons (Fsp3) is 0.750. The average Bonchev–Trinajstić information content (AvgIpc) is 3.11. The highest BCUT2D eigenvalue weighted by Gasteiger charge is 2.39. The van der Waals surface area contributed by atoms with Crippen LogP contribution in [0.1, 0.15) is 35.2 Å². The van der Waals surface area contributed by atoms with Gasteiger partial charge in [0.25, 0.3) is 5.91 Å². The maximum atomic E-state index is 12.8. The summed E-state index contributed by atoms with van der Waals surface area (Å²) in [5.74, 6) is 1.21. The summed E-state index contributed by atoms with van der Waals surface area (Å²) in [6.45, 7) is 11.0. The van der Waals surface area contributed by atoms with Gasteiger partial charge < -0.3 is 14.2 Å². The smallest absolute Gasteiger partial charge is 0.259 e. The van der Waals surface area contributed by atoms with Gasteiger partial charge in [-0.1, -0.05) is 18.5 Å². The van der Waals surface area contributed by atoms with E-state index in [0.717, 1.165) is 45.8 Å². The molecule has 1 aromatic heterocycles. The number of hydrogen-bond acceptors (Lipinski definition) is 5. The highest BCUT2D eigenvalue weighted by Crippen LogP contribution is 2.28. The van der Waals surface area contributed by atoms with Crippen molar-refractivity contribution < 1.29 is 14.1 Å². The van der Waals surface area contributed by atoms with Gasteiger partial charge in [0, 0.05) is 32.2 Å². The molecular formula is C16H25N3O3. The number of nitrogens with zero attached hydrogens (tertiary/aromatic N) is 3. The monoisotopic (exact) mass is 307 g/mol. The molecule has 0 N–H and O–H groups in total. The summed E-state index contributed by atoms with van der Waals surface area (Å²) < 4.78 is 10.6. The zero-order valence-corrected chi connectivity index (χ0v) is 13.7. The number of rotatable bonds is 3. The van der Waals surface area contributed by atoms with E-state index < -0.39 is 0 Å². The first-order chi connectivity index (χ1) is 10.6. The van der Waals surface area contributed by atoms with Crippen LogP contribution >= 0.6 is 0 Å². The predicted octanol–water partition coefficient (Wildman–Crippen LogP) is 1.47. The highest BCUT2D eigenvalue weighted by molar-refractivity contribution is 5.96. The Kier molecular flexibility index (Phi) is 4.49. The molecule has 1 amide bonds. The fourth-order valence-corrected chi connectivity index (χ4v) is 3.69. The van der Waals surface area contributed by atoms with E-state index in [0.29, 0.717) is 29.0 Å². The number of ether oxygens (including phenoxy) is 1. The van der Waals surface area contributed by atoms with Crippen LogP contribution in [0.15, 0.2) is 4.52 Å². The largest absolute Gasteiger partial charge is 0.379 e. The Bertz CT molecular complexity index is 517. The number of aromatic nitrogens is 1. The third-order valence-corrected chi connectivity index (χ3v) is 4.98. The number of hydrogen-bond donors (Lipinski definition) is 0. The third-order valence-electron chi connectivity index (χ3n) is 4.98. The quantitative estimate of drug-likeness (QED) is 0.846. The van der Waals surface area contributed by atoms with Gasteiger partial charge in [-0.15, -0.1) is 0 Å². The minimum absolute atomic E-state index is 0.0606. The van der Waals surface area contributed by atoms with Crippen LogP contribution in [-0.4, -0.2) is 66.3 Å². The van der Waals surface area contributed by atoms with E-state index in [1.165, 1.54) is 0 Å². The van der Waals surface area contributed by atoms with Gasteiger partial charge >= 0.3 is 0 Å². The van der Waals surface area contributed by atoms with Crippen molar-refractivity contribution in [2.45, 2.75) is 33.2 Å². The Hall–Kier alpha value is -1.40. The van der Waals surface area contributed by atoms with Crippen molar-refractivity contribution in [3.63, 3.8) is 0 Å². The predicted molar refractivity (Wildman–Crippen MR) is 81.8 cm³/mol. The van der Waals surface area contributed by atoms with Gasteiger partial charge in [0.15, 0.2) is 0 Å². The number of morpholine rings is 1. The van der Waals surface area contributed by atoms with Gasteiger partial charge in [-0.2, -0.15) is 0 Å². The lowest BCUT2D eigenvalue weighted by Crippen LogP contribution is -2.47. The number of carbonyl (C=O) groups excluding carboxylic acids is 1. The van der Waals surface area contributed by atoms with Crippen molar-refractivity contribution in [3.8, 4) is 0 Å². The molecule has 0 aromatic carbocycles. The highest BCUT2D eigenvalue weighted by atomic mass is 16.5. The van der Waals surface area contributed by atoms with E-state index in [9.17, 15) is 4.79 Å². The Morgan fingerprint density at radius 3 is 2.59 bits per heavy atom. The van der Waals surface area contributed by atoms with Gasteiger partial charge in [-0.3, -0.25) is 9.69 Å². The molecule has 3 rings (SSSR count). The van der Waals surface area contributed by atoms with Crippen molar-refractivity contribution in [1.29, 1.82) is 0 Å². The molecular weight excluding hydrogens is 282 g/mol. The number of carbonyl (C=O) groups is 1. The van der Waals surface area contributed by atoms with Crippen LogP contribution in [0.5, 0.6) is 0 Å². The molecule has 0 spiro atoms. The first kappa shape index (κ1) is 15.5. The van der Waals surface area contributed by atoms with Crippen LogP contribution in [0.25, 0.3) is 0 Å². The van der Waals surface area contributed by atoms with E-state index in [1.807, 2.05) is 11.8 Å². The molecule has 3 heterocycles. The Labute approximate surface area is 131 Å². The molecule has 2 aliphatic rings. The zero-order chi connectivity index (χ0) is 15.7. The van der Waals surface area contributed by atoms with Gasteiger partial charge in [-0.25, -0.2) is 0 Å². The van der Waals surface area contributed by atoms with Crippen LogP contribution in [0.4, 0.5) is 0 Å². The Balaban J connectivity index is 1.74. The second-order valence-electron chi connectivity index (χ2n) is 6.29. The van der Waals surface area contributed by atoms with Gasteiger partial charge in [0.05, 0.1) is 18.9 Å². The lowest BCUT2D eigenvalue weighted by Gasteiger charge is -2.34. The summed E-state index contributed by atoms with van der Waals surface area (Å²) in [5.41, 5.74) is 1.32. The fourth-order valence-electron chi connectivity index (χ4n) is 3.69. The van der Waals surface area contributed by atoms with Crippen LogP contribution < -0.4 is 0 Å². The molecule has 22 heavy (non-hydrogen) atoms. The van der Waals surface area contributed by atoms with Crippen LogP contribution in [-0.2, 0) is 4.74 Å². The van der Waals surface area contributed by atoms with Crippen LogP contribution in [0, 0.1) is 19.8 Å². The SMILES string of the molecule is CC[C@@H]1CN(C(=O)c2c(C)noc2C)C[C@H]1N1CCOCC1. The summed E-state index contributed by atoms with van der Waals surface area (Å²) in [5, 5.41) is 3.91. The molecule has 2 saturated heterocycles. The molecule has 0 radical (unpaired) electrons. The maximum Gasteiger partial charge on any atom is 0.259 e. The standard InChI is InChI=1S/C16H25N3O3/c1-4-13-9-19(10-14(13)18-5-7-21-8-6-18)16(20)15-11(2)17-22-12(15)3/h13-14H,4-10H2,1-3H3/t13-,14-/m1/s1. The van der Waals surface area contributed by atoms with Crippen LogP contribution in [0.2, 0.25) is 0 Å². The van der Waals surface area contributed by atoms with Crippen molar-refractivity contribution in [3.05, 3.63) is 17.0 Å². The number of likely N-dealkylation sites (tertiary alicyclic amines) is 1. The van der Waals surface area contributed by atoms with Crippen molar-refractivity contribution >= 4 is 5.91 Å². The number of amides is 1. The molecule has 6 heteroatoms. The summed E-state index contributed by atoms with van der Waals surface area (Å²) in [6, 6.07) is 0.443. The molecule has 2 aliphatic heterocycles. The van der Waals surface area contributed by atoms with E-state index >= 15 is 0 Å². The molecule has 2 atom stereocenters. The molecule has 0 saturated carbocycles. The van der Waals surface area contributed by atoms with Crippen molar-refractivity contribution in [2.75, 3.05) is 39.4 Å². The first-order valence-electron chi connectivity index (χ1n) is 8.15. The Morgan fingerprint density at radius 1 is 1.27 bits per heavy atom. The molecule has 6 nitrogen and oxygen atoms in total. The van der Waals surface area contributed by atoms with Gasteiger partial charge in [0.2, 0.25) is 0 Å². The molecule has 122 valence electrons. The van der Waals surface area contributed by atoms with Crippen molar-refractivity contribution in [1.82, 2.24) is 15.0 Å². The van der Waals surface area contributed by atoms with E-state index in [1.54, 1.807) is 6.92 Å². The molecule has 0 unspecified atom stereocenters. The summed E-state index contributed by atoms with van der Waals surface area (Å²) in [4.78, 5) is 17.3. The minimum Gasteiger partial charge on any atom is -0.379 e.